The molecule has 3 unspecified atom stereocenters. The van der Waals surface area contributed by atoms with E-state index >= 15 is 0 Å². The zero-order valence-electron chi connectivity index (χ0n) is 9.71. The topological polar surface area (TPSA) is 0 Å². The van der Waals surface area contributed by atoms with Crippen LogP contribution in [0, 0.1) is 17.8 Å². The molecule has 2 aliphatic rings. The van der Waals surface area contributed by atoms with Gasteiger partial charge in [0.1, 0.15) is 0 Å². The fraction of sp³-hybridized carbons (Fsp3) is 0.375. The van der Waals surface area contributed by atoms with Crippen molar-refractivity contribution >= 4 is 0 Å². The van der Waals surface area contributed by atoms with Gasteiger partial charge < -0.3 is 0 Å². The van der Waals surface area contributed by atoms with E-state index < -0.39 is 0 Å². The number of hydrogen-bond donors (Lipinski definition) is 0. The third kappa shape index (κ3) is 1.53. The van der Waals surface area contributed by atoms with Crippen LogP contribution < -0.4 is 0 Å². The molecule has 0 nitrogen and oxygen atoms in total. The van der Waals surface area contributed by atoms with Crippen molar-refractivity contribution in [1.29, 1.82) is 0 Å². The van der Waals surface area contributed by atoms with E-state index in [-0.39, 0.29) is 0 Å². The third-order valence-electron chi connectivity index (χ3n) is 4.29. The van der Waals surface area contributed by atoms with Gasteiger partial charge in [0.2, 0.25) is 0 Å². The summed E-state index contributed by atoms with van der Waals surface area (Å²) in [6.07, 6.45) is 10.5. The van der Waals surface area contributed by atoms with E-state index in [1.54, 1.807) is 0 Å². The molecule has 0 bridgehead atoms. The summed E-state index contributed by atoms with van der Waals surface area (Å²) < 4.78 is 0. The first-order chi connectivity index (χ1) is 7.86. The highest BCUT2D eigenvalue weighted by Crippen LogP contribution is 2.49. The molecule has 4 atom stereocenters. The Hall–Kier alpha value is -1.30. The van der Waals surface area contributed by atoms with Crippen LogP contribution in [0.3, 0.4) is 0 Å². The average Bonchev–Trinajstić information content (AvgIpc) is 2.69. The monoisotopic (exact) mass is 210 g/mol. The Labute approximate surface area is 97.7 Å². The van der Waals surface area contributed by atoms with E-state index in [0.29, 0.717) is 0 Å². The maximum absolute atomic E-state index is 2.41. The molecule has 1 aromatic rings. The van der Waals surface area contributed by atoms with Gasteiger partial charge in [0.15, 0.2) is 0 Å². The summed E-state index contributed by atoms with van der Waals surface area (Å²) >= 11 is 0. The molecule has 2 aliphatic carbocycles. The lowest BCUT2D eigenvalue weighted by Gasteiger charge is -2.20. The third-order valence-corrected chi connectivity index (χ3v) is 4.29. The second-order valence-corrected chi connectivity index (χ2v) is 5.12. The molecule has 0 spiro atoms. The van der Waals surface area contributed by atoms with E-state index in [1.807, 2.05) is 0 Å². The van der Waals surface area contributed by atoms with Crippen LogP contribution in [0.15, 0.2) is 54.6 Å². The Kier molecular flexibility index (Phi) is 2.43. The number of allylic oxidation sites excluding steroid dienone is 4. The molecule has 16 heavy (non-hydrogen) atoms. The van der Waals surface area contributed by atoms with Crippen LogP contribution in [-0.4, -0.2) is 0 Å². The van der Waals surface area contributed by atoms with Crippen molar-refractivity contribution in [3.8, 4) is 0 Å². The molecule has 0 heteroatoms. The van der Waals surface area contributed by atoms with Crippen molar-refractivity contribution in [2.24, 2.45) is 17.8 Å². The molecule has 0 N–H and O–H groups in total. The van der Waals surface area contributed by atoms with Crippen LogP contribution in [0.5, 0.6) is 0 Å². The second-order valence-electron chi connectivity index (χ2n) is 5.12. The molecule has 0 amide bonds. The van der Waals surface area contributed by atoms with Gasteiger partial charge in [-0.2, -0.15) is 0 Å². The molecular formula is C16H18. The van der Waals surface area contributed by atoms with Crippen molar-refractivity contribution in [2.75, 3.05) is 0 Å². The van der Waals surface area contributed by atoms with Gasteiger partial charge >= 0.3 is 0 Å². The highest BCUT2D eigenvalue weighted by molar-refractivity contribution is 5.27. The predicted octanol–water partition coefficient (Wildman–Crippen LogP) is 4.17. The zero-order chi connectivity index (χ0) is 11.0. The first-order valence-corrected chi connectivity index (χ1v) is 6.26. The Bertz CT molecular complexity index is 413. The van der Waals surface area contributed by atoms with E-state index in [4.69, 9.17) is 0 Å². The summed E-state index contributed by atoms with van der Waals surface area (Å²) in [6.45, 7) is 2.41. The van der Waals surface area contributed by atoms with Crippen LogP contribution >= 0.6 is 0 Å². The van der Waals surface area contributed by atoms with Crippen LogP contribution in [0.2, 0.25) is 0 Å². The van der Waals surface area contributed by atoms with Gasteiger partial charge in [0.25, 0.3) is 0 Å². The van der Waals surface area contributed by atoms with Crippen molar-refractivity contribution in [1.82, 2.24) is 0 Å². The van der Waals surface area contributed by atoms with Gasteiger partial charge in [-0.1, -0.05) is 61.6 Å². The molecular weight excluding hydrogens is 192 g/mol. The van der Waals surface area contributed by atoms with E-state index in [9.17, 15) is 0 Å². The minimum Gasteiger partial charge on any atom is -0.0808 e. The van der Waals surface area contributed by atoms with E-state index in [1.165, 1.54) is 12.0 Å². The molecule has 1 saturated carbocycles. The first kappa shape index (κ1) is 9.89. The van der Waals surface area contributed by atoms with Gasteiger partial charge in [-0.3, -0.25) is 0 Å². The number of rotatable bonds is 1. The number of benzene rings is 1. The SMILES string of the molecule is C[C@@H]1C(c2ccccc2)CC2C=CC=CC21. The molecule has 0 heterocycles. The normalized spacial score (nSPS) is 36.3. The quantitative estimate of drug-likeness (QED) is 0.652. The van der Waals surface area contributed by atoms with Crippen LogP contribution in [0.1, 0.15) is 24.8 Å². The molecule has 3 rings (SSSR count). The van der Waals surface area contributed by atoms with Crippen LogP contribution in [0.25, 0.3) is 0 Å². The highest BCUT2D eigenvalue weighted by Gasteiger charge is 2.38. The van der Waals surface area contributed by atoms with Gasteiger partial charge in [-0.25, -0.2) is 0 Å². The van der Waals surface area contributed by atoms with Gasteiger partial charge in [0, 0.05) is 0 Å². The summed E-state index contributed by atoms with van der Waals surface area (Å²) in [5.41, 5.74) is 1.52. The standard InChI is InChI=1S/C16H18/c1-12-15-10-6-5-9-14(15)11-16(12)13-7-3-2-4-8-13/h2-10,12,14-16H,11H2,1H3/t12-,14?,15?,16?/m0/s1. The van der Waals surface area contributed by atoms with Gasteiger partial charge in [0.05, 0.1) is 0 Å². The van der Waals surface area contributed by atoms with E-state index in [2.05, 4.69) is 61.6 Å². The van der Waals surface area contributed by atoms with Crippen molar-refractivity contribution in [2.45, 2.75) is 19.3 Å². The summed E-state index contributed by atoms with van der Waals surface area (Å²) in [5.74, 6) is 3.04. The lowest BCUT2D eigenvalue weighted by molar-refractivity contribution is 0.430. The molecule has 0 saturated heterocycles. The lowest BCUT2D eigenvalue weighted by Crippen LogP contribution is -2.12. The molecule has 82 valence electrons. The summed E-state index contributed by atoms with van der Waals surface area (Å²) in [4.78, 5) is 0. The van der Waals surface area contributed by atoms with E-state index in [0.717, 1.165) is 23.7 Å². The minimum atomic E-state index is 0.739. The summed E-state index contributed by atoms with van der Waals surface area (Å²) in [7, 11) is 0. The molecule has 0 aromatic heterocycles. The summed E-state index contributed by atoms with van der Waals surface area (Å²) in [6, 6.07) is 11.0. The number of fused-ring (bicyclic) bond motifs is 1. The summed E-state index contributed by atoms with van der Waals surface area (Å²) in [5, 5.41) is 0. The Morgan fingerprint density at radius 2 is 1.75 bits per heavy atom. The molecule has 0 radical (unpaired) electrons. The number of hydrogen-bond acceptors (Lipinski definition) is 0. The zero-order valence-corrected chi connectivity index (χ0v) is 9.71. The van der Waals surface area contributed by atoms with Crippen molar-refractivity contribution < 1.29 is 0 Å². The Morgan fingerprint density at radius 1 is 1.00 bits per heavy atom. The molecule has 1 aromatic carbocycles. The minimum absolute atomic E-state index is 0.739. The second kappa shape index (κ2) is 3.93. The van der Waals surface area contributed by atoms with Gasteiger partial charge in [-0.05, 0) is 35.7 Å². The van der Waals surface area contributed by atoms with Crippen molar-refractivity contribution in [3.05, 3.63) is 60.2 Å². The fourth-order valence-corrected chi connectivity index (χ4v) is 3.39. The van der Waals surface area contributed by atoms with Gasteiger partial charge in [-0.15, -0.1) is 0 Å². The smallest absolute Gasteiger partial charge is 0.0125 e. The fourth-order valence-electron chi connectivity index (χ4n) is 3.39. The average molecular weight is 210 g/mol. The maximum Gasteiger partial charge on any atom is -0.0125 e. The molecule has 0 aliphatic heterocycles. The first-order valence-electron chi connectivity index (χ1n) is 6.26. The maximum atomic E-state index is 2.41. The largest absolute Gasteiger partial charge is 0.0808 e. The Balaban J connectivity index is 1.89. The lowest BCUT2D eigenvalue weighted by atomic mass is 9.84. The highest BCUT2D eigenvalue weighted by atomic mass is 14.4. The molecule has 1 fully saturated rings. The Morgan fingerprint density at radius 3 is 2.50 bits per heavy atom. The van der Waals surface area contributed by atoms with Crippen LogP contribution in [0.4, 0.5) is 0 Å². The van der Waals surface area contributed by atoms with Crippen LogP contribution in [-0.2, 0) is 0 Å². The predicted molar refractivity (Wildman–Crippen MR) is 68.2 cm³/mol. The van der Waals surface area contributed by atoms with Crippen molar-refractivity contribution in [3.63, 3.8) is 0 Å².